The topological polar surface area (TPSA) is 73.4 Å². The van der Waals surface area contributed by atoms with Gasteiger partial charge in [-0.2, -0.15) is 0 Å². The van der Waals surface area contributed by atoms with Crippen LogP contribution in [0.4, 0.5) is 11.4 Å². The molecule has 258 valence electrons. The predicted molar refractivity (Wildman–Crippen MR) is 212 cm³/mol. The van der Waals surface area contributed by atoms with E-state index in [0.717, 1.165) is 34.6 Å². The number of benzene rings is 4. The van der Waals surface area contributed by atoms with Gasteiger partial charge in [-0.15, -0.1) is 0 Å². The van der Waals surface area contributed by atoms with Gasteiger partial charge in [-0.25, -0.2) is 9.98 Å². The summed E-state index contributed by atoms with van der Waals surface area (Å²) in [7, 11) is 0. The fraction of sp³-hybridized carbons (Fsp3) is 0.0652. The third-order valence-electron chi connectivity index (χ3n) is 9.28. The van der Waals surface area contributed by atoms with Gasteiger partial charge in [0.25, 0.3) is 5.91 Å². The van der Waals surface area contributed by atoms with Crippen LogP contribution in [0, 0.1) is 0 Å². The van der Waals surface area contributed by atoms with Crippen molar-refractivity contribution >= 4 is 34.8 Å². The minimum atomic E-state index is -0.149. The number of aliphatic imine (C=N–C) groups is 1. The summed E-state index contributed by atoms with van der Waals surface area (Å²) in [6.07, 6.45) is 15.4. The van der Waals surface area contributed by atoms with Crippen molar-refractivity contribution in [3.05, 3.63) is 216 Å². The van der Waals surface area contributed by atoms with Gasteiger partial charge in [-0.05, 0) is 102 Å². The molecule has 6 aromatic rings. The van der Waals surface area contributed by atoms with E-state index in [4.69, 9.17) is 0 Å². The molecule has 0 atom stereocenters. The Morgan fingerprint density at radius 3 is 1.91 bits per heavy atom. The summed E-state index contributed by atoms with van der Waals surface area (Å²) in [5.41, 5.74) is 9.22. The van der Waals surface area contributed by atoms with Gasteiger partial charge in [-0.1, -0.05) is 109 Å². The molecule has 4 heterocycles. The molecular formula is C46H37N5O2. The molecule has 7 heteroatoms. The second-order valence-corrected chi connectivity index (χ2v) is 12.8. The molecule has 0 unspecified atom stereocenters. The van der Waals surface area contributed by atoms with E-state index >= 15 is 0 Å². The summed E-state index contributed by atoms with van der Waals surface area (Å²) in [5.74, 6) is 0.559. The number of amidine groups is 1. The Bertz CT molecular complexity index is 2360. The zero-order chi connectivity index (χ0) is 36.0. The monoisotopic (exact) mass is 691 g/mol. The number of anilines is 2. The van der Waals surface area contributed by atoms with Crippen LogP contribution < -0.4 is 4.90 Å². The first-order chi connectivity index (χ1) is 26.1. The van der Waals surface area contributed by atoms with E-state index < -0.39 is 0 Å². The SMILES string of the molecule is O=C1/C(=C/C2=C(N(c3ccccc3)c3ccccc3)C(=Cc3nc4ccccn4c3O)CC2)N=C2C=CC=CN12.c1ccc(Cc2ccccc2)cc1. The van der Waals surface area contributed by atoms with Crippen LogP contribution in [0.25, 0.3) is 11.7 Å². The average Bonchev–Trinajstić information content (AvgIpc) is 3.86. The van der Waals surface area contributed by atoms with Crippen LogP contribution in [0.1, 0.15) is 29.7 Å². The zero-order valence-electron chi connectivity index (χ0n) is 29.0. The van der Waals surface area contributed by atoms with E-state index in [9.17, 15) is 9.90 Å². The van der Waals surface area contributed by atoms with Gasteiger partial charge in [-0.3, -0.25) is 14.1 Å². The number of fused-ring (bicyclic) bond motifs is 2. The highest BCUT2D eigenvalue weighted by Gasteiger charge is 2.31. The van der Waals surface area contributed by atoms with E-state index in [1.165, 1.54) is 11.1 Å². The molecule has 0 radical (unpaired) electrons. The lowest BCUT2D eigenvalue weighted by molar-refractivity contribution is -0.121. The average molecular weight is 692 g/mol. The van der Waals surface area contributed by atoms with Gasteiger partial charge in [0, 0.05) is 23.8 Å². The zero-order valence-corrected chi connectivity index (χ0v) is 29.0. The molecule has 3 aliphatic rings. The van der Waals surface area contributed by atoms with Crippen molar-refractivity contribution in [2.75, 3.05) is 4.90 Å². The highest BCUT2D eigenvalue weighted by molar-refractivity contribution is 6.17. The number of hydrogen-bond acceptors (Lipinski definition) is 5. The second kappa shape index (κ2) is 15.1. The van der Waals surface area contributed by atoms with Gasteiger partial charge in [0.2, 0.25) is 5.88 Å². The number of hydrogen-bond donors (Lipinski definition) is 1. The van der Waals surface area contributed by atoms with Crippen molar-refractivity contribution in [1.82, 2.24) is 14.3 Å². The van der Waals surface area contributed by atoms with Crippen molar-refractivity contribution in [2.24, 2.45) is 4.99 Å². The van der Waals surface area contributed by atoms with Crippen LogP contribution in [0.2, 0.25) is 0 Å². The minimum absolute atomic E-state index is 0.0908. The molecule has 0 bridgehead atoms. The van der Waals surface area contributed by atoms with Crippen molar-refractivity contribution in [1.29, 1.82) is 0 Å². The number of imidazole rings is 1. The summed E-state index contributed by atoms with van der Waals surface area (Å²) in [5, 5.41) is 11.0. The molecule has 0 fully saturated rings. The Hall–Kier alpha value is -6.99. The van der Waals surface area contributed by atoms with Crippen LogP contribution in [0.5, 0.6) is 5.88 Å². The maximum Gasteiger partial charge on any atom is 0.282 e. The largest absolute Gasteiger partial charge is 0.493 e. The number of aromatic hydroxyl groups is 1. The van der Waals surface area contributed by atoms with Crippen LogP contribution in [-0.4, -0.2) is 31.1 Å². The van der Waals surface area contributed by atoms with Gasteiger partial charge in [0.1, 0.15) is 22.9 Å². The van der Waals surface area contributed by atoms with Crippen molar-refractivity contribution in [3.63, 3.8) is 0 Å². The summed E-state index contributed by atoms with van der Waals surface area (Å²) in [4.78, 5) is 26.3. The molecule has 4 aromatic carbocycles. The number of aromatic nitrogens is 2. The van der Waals surface area contributed by atoms with Crippen LogP contribution in [-0.2, 0) is 11.2 Å². The number of carbonyl (C=O) groups is 1. The van der Waals surface area contributed by atoms with Gasteiger partial charge < -0.3 is 10.0 Å². The molecule has 7 nitrogen and oxygen atoms in total. The molecule has 2 aromatic heterocycles. The van der Waals surface area contributed by atoms with E-state index in [1.54, 1.807) is 21.7 Å². The molecule has 2 aliphatic heterocycles. The number of pyridine rings is 1. The number of para-hydroxylation sites is 2. The molecule has 53 heavy (non-hydrogen) atoms. The third-order valence-corrected chi connectivity index (χ3v) is 9.28. The first-order valence-corrected chi connectivity index (χ1v) is 17.7. The van der Waals surface area contributed by atoms with E-state index in [2.05, 4.69) is 99.8 Å². The number of nitrogens with zero attached hydrogens (tertiary/aromatic N) is 5. The lowest BCUT2D eigenvalue weighted by Gasteiger charge is -2.28. The van der Waals surface area contributed by atoms with Crippen LogP contribution in [0.3, 0.4) is 0 Å². The number of carbonyl (C=O) groups excluding carboxylic acids is 1. The summed E-state index contributed by atoms with van der Waals surface area (Å²) in [6.45, 7) is 0. The summed E-state index contributed by atoms with van der Waals surface area (Å²) in [6, 6.07) is 47.0. The van der Waals surface area contributed by atoms with Crippen LogP contribution in [0.15, 0.2) is 204 Å². The number of amides is 1. The summed E-state index contributed by atoms with van der Waals surface area (Å²) >= 11 is 0. The minimum Gasteiger partial charge on any atom is -0.493 e. The first-order valence-electron chi connectivity index (χ1n) is 17.7. The molecule has 0 saturated carbocycles. The fourth-order valence-electron chi connectivity index (χ4n) is 6.78. The highest BCUT2D eigenvalue weighted by Crippen LogP contribution is 2.43. The van der Waals surface area contributed by atoms with Crippen molar-refractivity contribution in [3.8, 4) is 5.88 Å². The van der Waals surface area contributed by atoms with Gasteiger partial charge >= 0.3 is 0 Å². The lowest BCUT2D eigenvalue weighted by Crippen LogP contribution is -2.26. The van der Waals surface area contributed by atoms with E-state index in [1.807, 2.05) is 85.0 Å². The highest BCUT2D eigenvalue weighted by atomic mass is 16.3. The molecule has 1 N–H and O–H groups in total. The third kappa shape index (κ3) is 7.14. The Morgan fingerprint density at radius 2 is 1.30 bits per heavy atom. The smallest absolute Gasteiger partial charge is 0.282 e. The quantitative estimate of drug-likeness (QED) is 0.169. The predicted octanol–water partition coefficient (Wildman–Crippen LogP) is 9.79. The molecule has 0 saturated heterocycles. The number of rotatable bonds is 7. The Morgan fingerprint density at radius 1 is 0.698 bits per heavy atom. The van der Waals surface area contributed by atoms with Crippen molar-refractivity contribution in [2.45, 2.75) is 19.3 Å². The Kier molecular flexibility index (Phi) is 9.44. The fourth-order valence-corrected chi connectivity index (χ4v) is 6.78. The second-order valence-electron chi connectivity index (χ2n) is 12.8. The summed E-state index contributed by atoms with van der Waals surface area (Å²) < 4.78 is 1.67. The molecule has 1 aliphatic carbocycles. The molecule has 1 amide bonds. The normalized spacial score (nSPS) is 16.3. The molecule has 9 rings (SSSR count). The maximum absolute atomic E-state index is 13.2. The van der Waals surface area contributed by atoms with Crippen LogP contribution >= 0.6 is 0 Å². The first kappa shape index (κ1) is 33.2. The molecular weight excluding hydrogens is 655 g/mol. The Labute approximate surface area is 308 Å². The molecule has 0 spiro atoms. The van der Waals surface area contributed by atoms with E-state index in [0.29, 0.717) is 35.7 Å². The van der Waals surface area contributed by atoms with E-state index in [-0.39, 0.29) is 11.8 Å². The number of allylic oxidation sites excluding steroid dienone is 5. The standard InChI is InChI=1S/C33H25N5O2.C13H12/c39-32-27(34-29-15-7-9-19-36(29)32)21-23-17-18-24(22-28-33(40)37-20-10-8-16-30(37)35-28)31(23)38(25-11-3-1-4-12-25)26-13-5-2-6-14-26;1-3-7-12(8-4-1)11-13-9-5-2-6-10-13/h1-16,19-22,39H,17-18H2;1-10H,11H2/b23-21?,28-22-;. The van der Waals surface area contributed by atoms with Crippen molar-refractivity contribution < 1.29 is 9.90 Å². The van der Waals surface area contributed by atoms with Gasteiger partial charge in [0.05, 0.1) is 5.70 Å². The maximum atomic E-state index is 13.2. The lowest BCUT2D eigenvalue weighted by atomic mass is 10.1. The Balaban J connectivity index is 0.000000259. The van der Waals surface area contributed by atoms with Gasteiger partial charge in [0.15, 0.2) is 0 Å².